The molecule has 2 rings (SSSR count). The van der Waals surface area contributed by atoms with Gasteiger partial charge in [-0.15, -0.1) is 0 Å². The third-order valence-electron chi connectivity index (χ3n) is 2.52. The van der Waals surface area contributed by atoms with E-state index >= 15 is 0 Å². The Morgan fingerprint density at radius 3 is 2.37 bits per heavy atom. The van der Waals surface area contributed by atoms with Crippen LogP contribution in [0.15, 0.2) is 71.0 Å². The maximum atomic E-state index is 11.9. The first-order valence-corrected chi connectivity index (χ1v) is 7.17. The highest BCUT2D eigenvalue weighted by atomic mass is 32.2. The summed E-state index contributed by atoms with van der Waals surface area (Å²) in [5.74, 6) is 5.88. The molecule has 0 aliphatic carbocycles. The normalized spacial score (nSPS) is 11.8. The molecule has 2 aromatic carbocycles. The van der Waals surface area contributed by atoms with Gasteiger partial charge in [0.1, 0.15) is 0 Å². The predicted octanol–water partition coefficient (Wildman–Crippen LogP) is 3.67. The number of hydrogen-bond acceptors (Lipinski definition) is 1. The Morgan fingerprint density at radius 1 is 1.00 bits per heavy atom. The molecule has 0 aromatic heterocycles. The summed E-state index contributed by atoms with van der Waals surface area (Å²) in [4.78, 5) is 0.795. The van der Waals surface area contributed by atoms with E-state index in [0.29, 0.717) is 0 Å². The maximum absolute atomic E-state index is 11.9. The van der Waals surface area contributed by atoms with Crippen LogP contribution in [0.5, 0.6) is 0 Å². The fraction of sp³-hybridized carbons (Fsp3) is 0.0588. The molecular weight excluding hydrogens is 252 g/mol. The van der Waals surface area contributed by atoms with Gasteiger partial charge in [-0.05, 0) is 37.3 Å². The van der Waals surface area contributed by atoms with Crippen molar-refractivity contribution in [2.45, 2.75) is 11.8 Å². The molecule has 0 saturated heterocycles. The molecule has 0 spiro atoms. The number of aryl methyl sites for hydroxylation is 1. The lowest BCUT2D eigenvalue weighted by Crippen LogP contribution is -1.85. The van der Waals surface area contributed by atoms with Gasteiger partial charge in [-0.2, -0.15) is 0 Å². The molecule has 2 heteroatoms. The molecule has 0 unspecified atom stereocenters. The van der Waals surface area contributed by atoms with Gasteiger partial charge >= 0.3 is 0 Å². The first-order valence-electron chi connectivity index (χ1n) is 5.96. The van der Waals surface area contributed by atoms with E-state index in [9.17, 15) is 4.21 Å². The summed E-state index contributed by atoms with van der Waals surface area (Å²) in [6.07, 6.45) is 1.64. The van der Waals surface area contributed by atoms with E-state index in [2.05, 4.69) is 11.8 Å². The minimum absolute atomic E-state index is 0.795. The third kappa shape index (κ3) is 4.24. The maximum Gasteiger partial charge on any atom is 0.0782 e. The molecule has 0 aliphatic rings. The fourth-order valence-corrected chi connectivity index (χ4v) is 2.25. The van der Waals surface area contributed by atoms with Crippen LogP contribution in [0.2, 0.25) is 0 Å². The molecule has 1 atom stereocenters. The van der Waals surface area contributed by atoms with E-state index in [-0.39, 0.29) is 0 Å². The van der Waals surface area contributed by atoms with Gasteiger partial charge in [-0.3, -0.25) is 0 Å². The van der Waals surface area contributed by atoms with Gasteiger partial charge in [0.25, 0.3) is 0 Å². The van der Waals surface area contributed by atoms with Gasteiger partial charge in [-0.25, -0.2) is 4.21 Å². The zero-order valence-electron chi connectivity index (χ0n) is 10.7. The molecule has 0 N–H and O–H groups in total. The molecule has 0 heterocycles. The van der Waals surface area contributed by atoms with Crippen LogP contribution in [-0.4, -0.2) is 4.21 Å². The van der Waals surface area contributed by atoms with Crippen molar-refractivity contribution >= 4 is 10.8 Å². The Morgan fingerprint density at radius 2 is 1.68 bits per heavy atom. The second kappa shape index (κ2) is 6.72. The first kappa shape index (κ1) is 13.3. The Balaban J connectivity index is 2.02. The summed E-state index contributed by atoms with van der Waals surface area (Å²) in [5, 5.41) is 1.61. The Kier molecular flexibility index (Phi) is 4.72. The Bertz CT molecular complexity index is 643. The van der Waals surface area contributed by atoms with Gasteiger partial charge < -0.3 is 0 Å². The van der Waals surface area contributed by atoms with Crippen LogP contribution in [0.3, 0.4) is 0 Å². The lowest BCUT2D eigenvalue weighted by atomic mass is 10.2. The number of rotatable bonds is 2. The minimum atomic E-state index is -1.13. The molecule has 94 valence electrons. The second-order valence-electron chi connectivity index (χ2n) is 4.05. The molecule has 19 heavy (non-hydrogen) atoms. The van der Waals surface area contributed by atoms with E-state index in [4.69, 9.17) is 0 Å². The summed E-state index contributed by atoms with van der Waals surface area (Å²) in [6.45, 7) is 2.01. The van der Waals surface area contributed by atoms with Crippen LogP contribution in [0, 0.1) is 18.8 Å². The minimum Gasteiger partial charge on any atom is -0.250 e. The van der Waals surface area contributed by atoms with E-state index in [1.54, 1.807) is 11.5 Å². The standard InChI is InChI=1S/C17H14OS/c1-15-10-12-17(13-11-15)19(18)14-6-5-9-16-7-3-2-4-8-16/h2-4,6-8,10-14H,1H3/b14-6-/t19-/m0/s1. The number of benzene rings is 2. The average Bonchev–Trinajstić information content (AvgIpc) is 2.45. The average molecular weight is 266 g/mol. The summed E-state index contributed by atoms with van der Waals surface area (Å²) in [6, 6.07) is 17.4. The van der Waals surface area contributed by atoms with Crippen molar-refractivity contribution in [1.82, 2.24) is 0 Å². The van der Waals surface area contributed by atoms with Crippen molar-refractivity contribution in [3.8, 4) is 11.8 Å². The van der Waals surface area contributed by atoms with E-state index < -0.39 is 10.8 Å². The quantitative estimate of drug-likeness (QED) is 0.758. The van der Waals surface area contributed by atoms with E-state index in [1.807, 2.05) is 61.5 Å². The van der Waals surface area contributed by atoms with Crippen molar-refractivity contribution < 1.29 is 4.21 Å². The summed E-state index contributed by atoms with van der Waals surface area (Å²) in [5.41, 5.74) is 2.11. The lowest BCUT2D eigenvalue weighted by molar-refractivity contribution is 0.688. The molecule has 0 amide bonds. The van der Waals surface area contributed by atoms with Crippen LogP contribution in [0.4, 0.5) is 0 Å². The van der Waals surface area contributed by atoms with Gasteiger partial charge in [0.2, 0.25) is 0 Å². The highest BCUT2D eigenvalue weighted by Gasteiger charge is 1.97. The molecule has 2 aromatic rings. The van der Waals surface area contributed by atoms with Crippen LogP contribution in [-0.2, 0) is 10.8 Å². The molecule has 0 saturated carbocycles. The molecular formula is C17H14OS. The van der Waals surface area contributed by atoms with Crippen LogP contribution >= 0.6 is 0 Å². The highest BCUT2D eigenvalue weighted by Crippen LogP contribution is 2.08. The second-order valence-corrected chi connectivity index (χ2v) is 5.39. The molecule has 0 bridgehead atoms. The molecule has 1 nitrogen and oxygen atoms in total. The topological polar surface area (TPSA) is 17.1 Å². The van der Waals surface area contributed by atoms with Crippen molar-refractivity contribution in [3.05, 3.63) is 77.2 Å². The summed E-state index contributed by atoms with van der Waals surface area (Å²) in [7, 11) is -1.13. The van der Waals surface area contributed by atoms with Crippen LogP contribution in [0.1, 0.15) is 11.1 Å². The fourth-order valence-electron chi connectivity index (χ4n) is 1.49. The summed E-state index contributed by atoms with van der Waals surface area (Å²) < 4.78 is 11.9. The molecule has 0 fully saturated rings. The Labute approximate surface area is 116 Å². The molecule has 0 radical (unpaired) electrons. The van der Waals surface area contributed by atoms with Crippen LogP contribution in [0.25, 0.3) is 0 Å². The van der Waals surface area contributed by atoms with Crippen molar-refractivity contribution in [3.63, 3.8) is 0 Å². The summed E-state index contributed by atoms with van der Waals surface area (Å²) >= 11 is 0. The van der Waals surface area contributed by atoms with E-state index in [0.717, 1.165) is 16.0 Å². The SMILES string of the molecule is Cc1ccc([S@@](=O)/C=C\C#Cc2ccccc2)cc1. The van der Waals surface area contributed by atoms with Crippen molar-refractivity contribution in [2.75, 3.05) is 0 Å². The van der Waals surface area contributed by atoms with Gasteiger partial charge in [0.15, 0.2) is 0 Å². The van der Waals surface area contributed by atoms with Gasteiger partial charge in [0.05, 0.1) is 10.8 Å². The van der Waals surface area contributed by atoms with E-state index in [1.165, 1.54) is 0 Å². The van der Waals surface area contributed by atoms with Gasteiger partial charge in [0, 0.05) is 15.9 Å². The van der Waals surface area contributed by atoms with Crippen LogP contribution < -0.4 is 0 Å². The monoisotopic (exact) mass is 266 g/mol. The zero-order chi connectivity index (χ0) is 13.5. The van der Waals surface area contributed by atoms with Crippen molar-refractivity contribution in [1.29, 1.82) is 0 Å². The number of hydrogen-bond donors (Lipinski definition) is 0. The van der Waals surface area contributed by atoms with Gasteiger partial charge in [-0.1, -0.05) is 47.7 Å². The third-order valence-corrected chi connectivity index (χ3v) is 3.64. The first-order chi connectivity index (χ1) is 9.25. The van der Waals surface area contributed by atoms with Crippen molar-refractivity contribution in [2.24, 2.45) is 0 Å². The number of allylic oxidation sites excluding steroid dienone is 1. The Hall–Kier alpha value is -2.11. The zero-order valence-corrected chi connectivity index (χ0v) is 11.5. The smallest absolute Gasteiger partial charge is 0.0782 e. The predicted molar refractivity (Wildman–Crippen MR) is 80.0 cm³/mol. The molecule has 0 aliphatic heterocycles. The highest BCUT2D eigenvalue weighted by molar-refractivity contribution is 7.88. The largest absolute Gasteiger partial charge is 0.250 e. The lowest BCUT2D eigenvalue weighted by Gasteiger charge is -1.96.